The van der Waals surface area contributed by atoms with E-state index in [0.717, 1.165) is 159 Å². The number of rotatable bonds is 8. The first kappa shape index (κ1) is 56.0. The average Bonchev–Trinajstić information content (AvgIpc) is 1.55. The molecule has 7 aromatic heterocycles. The molecule has 14 aromatic carbocycles. The van der Waals surface area contributed by atoms with E-state index in [1.807, 2.05) is 48.5 Å². The van der Waals surface area contributed by atoms with Gasteiger partial charge in [0.1, 0.15) is 0 Å². The first-order valence-corrected chi connectivity index (χ1v) is 33.7. The van der Waals surface area contributed by atoms with Crippen LogP contribution in [0.5, 0.6) is 0 Å². The van der Waals surface area contributed by atoms with Gasteiger partial charge in [0.15, 0.2) is 0 Å². The number of aromatic nitrogens is 7. The molecular formula is C90H54F3N7. The zero-order chi connectivity index (χ0) is 66.1. The number of hydrogen-bond acceptors (Lipinski definition) is 1. The summed E-state index contributed by atoms with van der Waals surface area (Å²) in [5.74, 6) is 0. The summed E-state index contributed by atoms with van der Waals surface area (Å²) in [6.07, 6.45) is -4.82. The van der Waals surface area contributed by atoms with Crippen LogP contribution in [0.2, 0.25) is 0 Å². The minimum atomic E-state index is -4.82. The molecule has 0 aliphatic carbocycles. The van der Waals surface area contributed by atoms with E-state index in [0.29, 0.717) is 28.3 Å². The van der Waals surface area contributed by atoms with Crippen LogP contribution in [-0.4, -0.2) is 32.4 Å². The second kappa shape index (κ2) is 21.2. The summed E-state index contributed by atoms with van der Waals surface area (Å²) in [5, 5.41) is 12.4. The largest absolute Gasteiger partial charge is 0.416 e. The van der Waals surface area contributed by atoms with E-state index < -0.39 is 11.7 Å². The van der Waals surface area contributed by atoms with E-state index in [1.165, 1.54) is 12.1 Å². The van der Waals surface area contributed by atoms with Crippen molar-refractivity contribution in [2.45, 2.75) is 6.18 Å². The van der Waals surface area contributed by atoms with E-state index >= 15 is 13.2 Å². The van der Waals surface area contributed by atoms with E-state index in [4.69, 9.17) is 4.98 Å². The minimum absolute atomic E-state index is 0.315. The van der Waals surface area contributed by atoms with Crippen LogP contribution in [0, 0.1) is 0 Å². The maximum absolute atomic E-state index is 16.9. The number of hydrogen-bond donors (Lipinski definition) is 0. The molecule has 100 heavy (non-hydrogen) atoms. The SMILES string of the molecule is FC(F)(F)c1cc(-n2c3ccc(-n4c5ccccc5c5ccccc54)cc3c3cc(-n4c5ccccc5c5ccccc54)ccc32)c(-c2cccc(-c3ccccc3)n2)c(-n2c3ccc(-n4c5ccccc5c5ccccc54)cc3c3cc(-n4c5ccccc5c5ccccc54)ccc32)c1. The molecule has 10 heteroatoms. The van der Waals surface area contributed by atoms with Gasteiger partial charge in [-0.3, -0.25) is 0 Å². The number of fused-ring (bicyclic) bond motifs is 18. The summed E-state index contributed by atoms with van der Waals surface area (Å²) in [5.41, 5.74) is 17.3. The molecule has 7 nitrogen and oxygen atoms in total. The Morgan fingerprint density at radius 1 is 0.210 bits per heavy atom. The number of para-hydroxylation sites is 8. The lowest BCUT2D eigenvalue weighted by atomic mass is 10.00. The van der Waals surface area contributed by atoms with Crippen molar-refractivity contribution in [2.75, 3.05) is 0 Å². The summed E-state index contributed by atoms with van der Waals surface area (Å²) in [6.45, 7) is 0. The molecule has 0 unspecified atom stereocenters. The zero-order valence-corrected chi connectivity index (χ0v) is 53.4. The number of pyridine rings is 1. The topological polar surface area (TPSA) is 42.5 Å². The van der Waals surface area contributed by atoms with E-state index in [2.05, 4.69) is 294 Å². The predicted molar refractivity (Wildman–Crippen MR) is 406 cm³/mol. The monoisotopic (exact) mass is 1290 g/mol. The predicted octanol–water partition coefficient (Wildman–Crippen LogP) is 24.0. The molecule has 0 saturated carbocycles. The second-order valence-corrected chi connectivity index (χ2v) is 26.1. The molecule has 0 aliphatic rings. The number of nitrogens with zero attached hydrogens (tertiary/aromatic N) is 7. The molecule has 0 bridgehead atoms. The van der Waals surface area contributed by atoms with Crippen molar-refractivity contribution in [2.24, 2.45) is 0 Å². The van der Waals surface area contributed by atoms with Gasteiger partial charge in [-0.15, -0.1) is 0 Å². The zero-order valence-electron chi connectivity index (χ0n) is 53.4. The van der Waals surface area contributed by atoms with Crippen molar-refractivity contribution >= 4 is 131 Å². The molecular weight excluding hydrogens is 1240 g/mol. The molecule has 7 heterocycles. The van der Waals surface area contributed by atoms with Crippen molar-refractivity contribution in [3.63, 3.8) is 0 Å². The molecule has 21 rings (SSSR count). The van der Waals surface area contributed by atoms with Crippen LogP contribution in [0.15, 0.2) is 328 Å². The third-order valence-corrected chi connectivity index (χ3v) is 20.8. The molecule has 0 fully saturated rings. The molecule has 0 N–H and O–H groups in total. The third kappa shape index (κ3) is 8.13. The van der Waals surface area contributed by atoms with Gasteiger partial charge >= 0.3 is 6.18 Å². The fourth-order valence-electron chi connectivity index (χ4n) is 16.6. The van der Waals surface area contributed by atoms with E-state index in [-0.39, 0.29) is 0 Å². The fourth-order valence-corrected chi connectivity index (χ4v) is 16.6. The third-order valence-electron chi connectivity index (χ3n) is 20.8. The first-order valence-electron chi connectivity index (χ1n) is 33.7. The van der Waals surface area contributed by atoms with Gasteiger partial charge in [-0.1, -0.05) is 182 Å². The highest BCUT2D eigenvalue weighted by Crippen LogP contribution is 2.48. The van der Waals surface area contributed by atoms with Gasteiger partial charge in [0, 0.05) is 98.5 Å². The maximum Gasteiger partial charge on any atom is 0.416 e. The van der Waals surface area contributed by atoms with Gasteiger partial charge in [-0.05, 0) is 146 Å². The fraction of sp³-hybridized carbons (Fsp3) is 0.0111. The Morgan fingerprint density at radius 3 is 0.740 bits per heavy atom. The van der Waals surface area contributed by atoms with Crippen LogP contribution in [0.1, 0.15) is 5.56 Å². The Balaban J connectivity index is 0.900. The summed E-state index contributed by atoms with van der Waals surface area (Å²) < 4.78 is 64.1. The van der Waals surface area contributed by atoms with Crippen molar-refractivity contribution in [3.8, 4) is 56.6 Å². The highest BCUT2D eigenvalue weighted by Gasteiger charge is 2.35. The highest BCUT2D eigenvalue weighted by molar-refractivity contribution is 6.17. The van der Waals surface area contributed by atoms with Crippen LogP contribution in [0.25, 0.3) is 187 Å². The van der Waals surface area contributed by atoms with Crippen molar-refractivity contribution in [3.05, 3.63) is 333 Å². The minimum Gasteiger partial charge on any atom is -0.309 e. The maximum atomic E-state index is 16.9. The molecule has 0 saturated heterocycles. The molecule has 0 amide bonds. The van der Waals surface area contributed by atoms with Crippen LogP contribution in [-0.2, 0) is 6.18 Å². The molecule has 0 spiro atoms. The van der Waals surface area contributed by atoms with Crippen molar-refractivity contribution < 1.29 is 13.2 Å². The second-order valence-electron chi connectivity index (χ2n) is 26.1. The van der Waals surface area contributed by atoms with Crippen molar-refractivity contribution in [1.29, 1.82) is 0 Å². The van der Waals surface area contributed by atoms with Crippen molar-refractivity contribution in [1.82, 2.24) is 32.4 Å². The smallest absolute Gasteiger partial charge is 0.309 e. The number of alkyl halides is 3. The van der Waals surface area contributed by atoms with Gasteiger partial charge in [-0.25, -0.2) is 4.98 Å². The van der Waals surface area contributed by atoms with Gasteiger partial charge in [-0.2, -0.15) is 13.2 Å². The molecule has 0 radical (unpaired) electrons. The molecule has 470 valence electrons. The summed E-state index contributed by atoms with van der Waals surface area (Å²) >= 11 is 0. The molecule has 0 atom stereocenters. The average molecular weight is 1290 g/mol. The summed E-state index contributed by atoms with van der Waals surface area (Å²) in [7, 11) is 0. The number of halogens is 3. The normalized spacial score (nSPS) is 12.3. The summed E-state index contributed by atoms with van der Waals surface area (Å²) in [4.78, 5) is 5.57. The van der Waals surface area contributed by atoms with Gasteiger partial charge in [0.05, 0.1) is 94.5 Å². The van der Waals surface area contributed by atoms with Gasteiger partial charge in [0.2, 0.25) is 0 Å². The molecule has 21 aromatic rings. The Morgan fingerprint density at radius 2 is 0.460 bits per heavy atom. The summed E-state index contributed by atoms with van der Waals surface area (Å²) in [6, 6.07) is 112. The molecule has 0 aliphatic heterocycles. The lowest BCUT2D eigenvalue weighted by Crippen LogP contribution is -2.11. The Bertz CT molecular complexity index is 6110. The van der Waals surface area contributed by atoms with E-state index in [9.17, 15) is 0 Å². The Hall–Kier alpha value is -13.2. The highest BCUT2D eigenvalue weighted by atomic mass is 19.4. The van der Waals surface area contributed by atoms with Gasteiger partial charge in [0.25, 0.3) is 0 Å². The van der Waals surface area contributed by atoms with E-state index in [1.54, 1.807) is 0 Å². The van der Waals surface area contributed by atoms with Crippen LogP contribution >= 0.6 is 0 Å². The number of benzene rings is 14. The lowest BCUT2D eigenvalue weighted by Gasteiger charge is -2.22. The first-order chi connectivity index (χ1) is 49.3. The van der Waals surface area contributed by atoms with Crippen LogP contribution < -0.4 is 0 Å². The quantitative estimate of drug-likeness (QED) is 0.149. The Labute approximate surface area is 569 Å². The van der Waals surface area contributed by atoms with Gasteiger partial charge < -0.3 is 27.4 Å². The Kier molecular flexibility index (Phi) is 11.9. The van der Waals surface area contributed by atoms with Crippen LogP contribution in [0.4, 0.5) is 13.2 Å². The lowest BCUT2D eigenvalue weighted by molar-refractivity contribution is -0.137. The van der Waals surface area contributed by atoms with Crippen LogP contribution in [0.3, 0.4) is 0 Å². The standard InChI is InChI=1S/C90H54F3N7/c91-90(92,93)56-49-87(99-83-45-41-57(95-75-33-12-4-23-61(75)62-24-5-13-34-76(62)95)51-69(83)70-52-58(42-46-84(70)99)96-77-35-14-6-25-63(77)64-26-7-15-36-78(64)96)89(74-32-20-31-73(94-74)55-21-2-1-3-22-55)88(50-56)100-85-47-43-59(97-79-37-16-8-27-65(79)66-28-9-17-38-80(66)97)53-71(85)72-54-60(44-48-86(72)100)98-81-39-18-10-29-67(81)68-30-11-19-40-82(68)98/h1-54H.